The minimum Gasteiger partial charge on any atom is -0.384 e. The van der Waals surface area contributed by atoms with Crippen LogP contribution in [0.3, 0.4) is 0 Å². The largest absolute Gasteiger partial charge is 0.384 e. The smallest absolute Gasteiger partial charge is 0.167 e. The highest BCUT2D eigenvalue weighted by atomic mass is 16.5. The quantitative estimate of drug-likeness (QED) is 0.639. The zero-order valence-corrected chi connectivity index (χ0v) is 11.6. The molecule has 1 aromatic heterocycles. The fourth-order valence-corrected chi connectivity index (χ4v) is 1.75. The molecule has 0 spiro atoms. The standard InChI is InChI=1S/C11H23N5O2/c1-9(8-18-4)7-16-11(13-14-15-16)10(2)12-5-6-17-3/h9-10,12H,5-8H2,1-4H3. The van der Waals surface area contributed by atoms with Crippen molar-refractivity contribution in [3.8, 4) is 0 Å². The van der Waals surface area contributed by atoms with Gasteiger partial charge in [0.05, 0.1) is 19.3 Å². The molecule has 0 bridgehead atoms. The number of tetrazole rings is 1. The monoisotopic (exact) mass is 257 g/mol. The Hall–Kier alpha value is -1.05. The molecule has 7 heteroatoms. The molecule has 0 fully saturated rings. The van der Waals surface area contributed by atoms with E-state index in [-0.39, 0.29) is 6.04 Å². The molecular formula is C11H23N5O2. The molecule has 1 N–H and O–H groups in total. The molecule has 0 saturated heterocycles. The topological polar surface area (TPSA) is 74.1 Å². The zero-order valence-electron chi connectivity index (χ0n) is 11.6. The first-order valence-electron chi connectivity index (χ1n) is 6.16. The van der Waals surface area contributed by atoms with Crippen molar-refractivity contribution in [3.63, 3.8) is 0 Å². The minimum absolute atomic E-state index is 0.102. The number of hydrogen-bond acceptors (Lipinski definition) is 6. The van der Waals surface area contributed by atoms with Crippen LogP contribution in [0.5, 0.6) is 0 Å². The number of rotatable bonds is 9. The molecule has 0 amide bonds. The molecule has 7 nitrogen and oxygen atoms in total. The fourth-order valence-electron chi connectivity index (χ4n) is 1.75. The maximum atomic E-state index is 5.12. The van der Waals surface area contributed by atoms with Gasteiger partial charge in [-0.3, -0.25) is 0 Å². The van der Waals surface area contributed by atoms with Gasteiger partial charge in [-0.25, -0.2) is 4.68 Å². The lowest BCUT2D eigenvalue weighted by molar-refractivity contribution is 0.148. The van der Waals surface area contributed by atoms with Gasteiger partial charge in [0.2, 0.25) is 0 Å². The van der Waals surface area contributed by atoms with Gasteiger partial charge in [0.15, 0.2) is 5.82 Å². The van der Waals surface area contributed by atoms with Crippen molar-refractivity contribution >= 4 is 0 Å². The lowest BCUT2D eigenvalue weighted by Crippen LogP contribution is -2.27. The molecule has 0 aromatic carbocycles. The van der Waals surface area contributed by atoms with Gasteiger partial charge >= 0.3 is 0 Å². The summed E-state index contributed by atoms with van der Waals surface area (Å²) >= 11 is 0. The van der Waals surface area contributed by atoms with Gasteiger partial charge in [-0.15, -0.1) is 5.10 Å². The van der Waals surface area contributed by atoms with Crippen molar-refractivity contribution in [2.45, 2.75) is 26.4 Å². The van der Waals surface area contributed by atoms with Crippen LogP contribution >= 0.6 is 0 Å². The number of nitrogens with zero attached hydrogens (tertiary/aromatic N) is 4. The molecule has 0 radical (unpaired) electrons. The van der Waals surface area contributed by atoms with Crippen molar-refractivity contribution in [2.24, 2.45) is 5.92 Å². The Morgan fingerprint density at radius 1 is 1.28 bits per heavy atom. The lowest BCUT2D eigenvalue weighted by atomic mass is 10.2. The molecule has 0 aliphatic carbocycles. The summed E-state index contributed by atoms with van der Waals surface area (Å²) in [5.74, 6) is 1.22. The molecule has 18 heavy (non-hydrogen) atoms. The van der Waals surface area contributed by atoms with Crippen LogP contribution in [0.2, 0.25) is 0 Å². The first-order chi connectivity index (χ1) is 8.69. The molecule has 0 aliphatic heterocycles. The molecular weight excluding hydrogens is 234 g/mol. The van der Waals surface area contributed by atoms with Gasteiger partial charge in [-0.1, -0.05) is 6.92 Å². The van der Waals surface area contributed by atoms with E-state index in [1.165, 1.54) is 0 Å². The van der Waals surface area contributed by atoms with E-state index < -0.39 is 0 Å². The SMILES string of the molecule is COCCNC(C)c1nnnn1CC(C)COC. The predicted octanol–water partition coefficient (Wildman–Crippen LogP) is 0.253. The first kappa shape index (κ1) is 15.0. The highest BCUT2D eigenvalue weighted by Crippen LogP contribution is 2.09. The highest BCUT2D eigenvalue weighted by molar-refractivity contribution is 4.89. The van der Waals surface area contributed by atoms with Crippen molar-refractivity contribution in [1.82, 2.24) is 25.5 Å². The maximum Gasteiger partial charge on any atom is 0.167 e. The summed E-state index contributed by atoms with van der Waals surface area (Å²) in [5.41, 5.74) is 0. The van der Waals surface area contributed by atoms with Crippen molar-refractivity contribution in [1.29, 1.82) is 0 Å². The van der Waals surface area contributed by atoms with E-state index in [4.69, 9.17) is 9.47 Å². The van der Waals surface area contributed by atoms with Gasteiger partial charge in [-0.05, 0) is 23.3 Å². The summed E-state index contributed by atoms with van der Waals surface area (Å²) < 4.78 is 11.9. The second kappa shape index (κ2) is 8.12. The molecule has 0 saturated carbocycles. The normalized spacial score (nSPS) is 14.7. The minimum atomic E-state index is 0.102. The summed E-state index contributed by atoms with van der Waals surface area (Å²) in [7, 11) is 3.38. The van der Waals surface area contributed by atoms with Crippen LogP contribution in [-0.2, 0) is 16.0 Å². The van der Waals surface area contributed by atoms with Crippen molar-refractivity contribution < 1.29 is 9.47 Å². The summed E-state index contributed by atoms with van der Waals surface area (Å²) in [4.78, 5) is 0. The van der Waals surface area contributed by atoms with Gasteiger partial charge in [0.25, 0.3) is 0 Å². The molecule has 2 unspecified atom stereocenters. The van der Waals surface area contributed by atoms with E-state index in [2.05, 4.69) is 27.8 Å². The zero-order chi connectivity index (χ0) is 13.4. The first-order valence-corrected chi connectivity index (χ1v) is 6.16. The summed E-state index contributed by atoms with van der Waals surface area (Å²) in [6.07, 6.45) is 0. The van der Waals surface area contributed by atoms with E-state index >= 15 is 0 Å². The van der Waals surface area contributed by atoms with E-state index in [1.807, 2.05) is 11.6 Å². The highest BCUT2D eigenvalue weighted by Gasteiger charge is 2.15. The third kappa shape index (κ3) is 4.67. The lowest BCUT2D eigenvalue weighted by Gasteiger charge is -2.15. The maximum absolute atomic E-state index is 5.12. The van der Waals surface area contributed by atoms with Crippen molar-refractivity contribution in [2.75, 3.05) is 34.0 Å². The van der Waals surface area contributed by atoms with Gasteiger partial charge in [-0.2, -0.15) is 0 Å². The van der Waals surface area contributed by atoms with Crippen LogP contribution in [0.15, 0.2) is 0 Å². The van der Waals surface area contributed by atoms with Gasteiger partial charge in [0.1, 0.15) is 0 Å². The predicted molar refractivity (Wildman–Crippen MR) is 67.2 cm³/mol. The third-order valence-corrected chi connectivity index (χ3v) is 2.64. The Morgan fingerprint density at radius 3 is 2.72 bits per heavy atom. The second-order valence-corrected chi connectivity index (χ2v) is 4.45. The van der Waals surface area contributed by atoms with E-state index in [0.29, 0.717) is 19.1 Å². The number of hydrogen-bond donors (Lipinski definition) is 1. The summed E-state index contributed by atoms with van der Waals surface area (Å²) in [6, 6.07) is 0.102. The summed E-state index contributed by atoms with van der Waals surface area (Å²) in [6.45, 7) is 7.05. The third-order valence-electron chi connectivity index (χ3n) is 2.64. The van der Waals surface area contributed by atoms with E-state index in [0.717, 1.165) is 18.9 Å². The molecule has 1 rings (SSSR count). The van der Waals surface area contributed by atoms with E-state index in [1.54, 1.807) is 14.2 Å². The van der Waals surface area contributed by atoms with Crippen LogP contribution in [-0.4, -0.2) is 54.2 Å². The Kier molecular flexibility index (Phi) is 6.77. The average Bonchev–Trinajstić information content (AvgIpc) is 2.77. The summed E-state index contributed by atoms with van der Waals surface area (Å²) in [5, 5.41) is 15.1. The van der Waals surface area contributed by atoms with Gasteiger partial charge < -0.3 is 14.8 Å². The number of methoxy groups -OCH3 is 2. The Labute approximate surface area is 108 Å². The molecule has 1 heterocycles. The van der Waals surface area contributed by atoms with Crippen LogP contribution in [0.1, 0.15) is 25.7 Å². The van der Waals surface area contributed by atoms with E-state index in [9.17, 15) is 0 Å². The number of ether oxygens (including phenoxy) is 2. The Morgan fingerprint density at radius 2 is 2.06 bits per heavy atom. The second-order valence-electron chi connectivity index (χ2n) is 4.45. The molecule has 1 aromatic rings. The number of aromatic nitrogens is 4. The van der Waals surface area contributed by atoms with Crippen LogP contribution in [0.25, 0.3) is 0 Å². The van der Waals surface area contributed by atoms with Gasteiger partial charge in [0, 0.05) is 27.3 Å². The van der Waals surface area contributed by atoms with Crippen LogP contribution < -0.4 is 5.32 Å². The number of nitrogens with one attached hydrogen (secondary N) is 1. The Bertz CT molecular complexity index is 331. The van der Waals surface area contributed by atoms with Crippen LogP contribution in [0.4, 0.5) is 0 Å². The van der Waals surface area contributed by atoms with Crippen molar-refractivity contribution in [3.05, 3.63) is 5.82 Å². The fraction of sp³-hybridized carbons (Fsp3) is 0.909. The molecule has 0 aliphatic rings. The molecule has 104 valence electrons. The van der Waals surface area contributed by atoms with Crippen LogP contribution in [0, 0.1) is 5.92 Å². The molecule has 2 atom stereocenters. The Balaban J connectivity index is 2.52. The average molecular weight is 257 g/mol.